The van der Waals surface area contributed by atoms with E-state index in [0.29, 0.717) is 6.54 Å². The second kappa shape index (κ2) is 4.07. The fraction of sp³-hybridized carbons (Fsp3) is 0.455. The SMILES string of the molecule is NCC1CS(=O)(=O)CC1c1ccc(O)cc1. The van der Waals surface area contributed by atoms with Gasteiger partial charge in [0.1, 0.15) is 5.75 Å². The lowest BCUT2D eigenvalue weighted by atomic mass is 9.89. The summed E-state index contributed by atoms with van der Waals surface area (Å²) in [5.41, 5.74) is 6.54. The molecule has 2 rings (SSSR count). The summed E-state index contributed by atoms with van der Waals surface area (Å²) in [5.74, 6) is 0.494. The average molecular weight is 241 g/mol. The van der Waals surface area contributed by atoms with Crippen LogP contribution in [0.3, 0.4) is 0 Å². The highest BCUT2D eigenvalue weighted by molar-refractivity contribution is 7.91. The predicted octanol–water partition coefficient (Wildman–Crippen LogP) is 0.479. The minimum absolute atomic E-state index is 0.00505. The predicted molar refractivity (Wildman–Crippen MR) is 62.0 cm³/mol. The fourth-order valence-electron chi connectivity index (χ4n) is 2.24. The Morgan fingerprint density at radius 2 is 1.88 bits per heavy atom. The van der Waals surface area contributed by atoms with Crippen molar-refractivity contribution >= 4 is 9.84 Å². The number of benzene rings is 1. The van der Waals surface area contributed by atoms with Crippen LogP contribution in [0.4, 0.5) is 0 Å². The van der Waals surface area contributed by atoms with Gasteiger partial charge in [-0.3, -0.25) is 0 Å². The van der Waals surface area contributed by atoms with Crippen LogP contribution in [0.1, 0.15) is 11.5 Å². The van der Waals surface area contributed by atoms with E-state index < -0.39 is 9.84 Å². The van der Waals surface area contributed by atoms with Gasteiger partial charge in [-0.1, -0.05) is 12.1 Å². The first kappa shape index (κ1) is 11.4. The molecule has 0 saturated carbocycles. The van der Waals surface area contributed by atoms with Gasteiger partial charge >= 0.3 is 0 Å². The second-order valence-corrected chi connectivity index (χ2v) is 6.42. The van der Waals surface area contributed by atoms with Crippen molar-refractivity contribution in [1.29, 1.82) is 0 Å². The Hall–Kier alpha value is -1.07. The normalized spacial score (nSPS) is 28.1. The molecular weight excluding hydrogens is 226 g/mol. The Morgan fingerprint density at radius 3 is 2.44 bits per heavy atom. The van der Waals surface area contributed by atoms with E-state index in [-0.39, 0.29) is 29.1 Å². The molecule has 5 heteroatoms. The van der Waals surface area contributed by atoms with Crippen LogP contribution in [-0.2, 0) is 9.84 Å². The number of sulfone groups is 1. The van der Waals surface area contributed by atoms with Crippen molar-refractivity contribution in [3.63, 3.8) is 0 Å². The lowest BCUT2D eigenvalue weighted by Crippen LogP contribution is -2.20. The molecule has 1 heterocycles. The van der Waals surface area contributed by atoms with E-state index in [1.807, 2.05) is 0 Å². The van der Waals surface area contributed by atoms with Gasteiger partial charge < -0.3 is 10.8 Å². The van der Waals surface area contributed by atoms with Crippen molar-refractivity contribution in [2.45, 2.75) is 5.92 Å². The van der Waals surface area contributed by atoms with Gasteiger partial charge in [-0.05, 0) is 30.2 Å². The van der Waals surface area contributed by atoms with Crippen LogP contribution >= 0.6 is 0 Å². The molecule has 0 aromatic heterocycles. The summed E-state index contributed by atoms with van der Waals surface area (Å²) in [7, 11) is -2.96. The van der Waals surface area contributed by atoms with Gasteiger partial charge in [0.2, 0.25) is 0 Å². The number of nitrogens with two attached hydrogens (primary N) is 1. The summed E-state index contributed by atoms with van der Waals surface area (Å²) >= 11 is 0. The summed E-state index contributed by atoms with van der Waals surface area (Å²) in [4.78, 5) is 0. The number of rotatable bonds is 2. The van der Waals surface area contributed by atoms with E-state index in [0.717, 1.165) is 5.56 Å². The Labute approximate surface area is 95.0 Å². The molecule has 2 atom stereocenters. The zero-order chi connectivity index (χ0) is 11.8. The number of phenolic OH excluding ortho intramolecular Hbond substituents is 1. The maximum Gasteiger partial charge on any atom is 0.151 e. The van der Waals surface area contributed by atoms with Crippen LogP contribution in [0.5, 0.6) is 5.75 Å². The topological polar surface area (TPSA) is 80.4 Å². The highest BCUT2D eigenvalue weighted by Gasteiger charge is 2.37. The third-order valence-corrected chi connectivity index (χ3v) is 4.90. The lowest BCUT2D eigenvalue weighted by molar-refractivity contribution is 0.474. The summed E-state index contributed by atoms with van der Waals surface area (Å²) in [5, 5.41) is 9.18. The number of hydrogen-bond acceptors (Lipinski definition) is 4. The molecule has 0 bridgehead atoms. The van der Waals surface area contributed by atoms with Gasteiger partial charge in [-0.15, -0.1) is 0 Å². The minimum atomic E-state index is -2.96. The van der Waals surface area contributed by atoms with Crippen molar-refractivity contribution < 1.29 is 13.5 Å². The monoisotopic (exact) mass is 241 g/mol. The molecule has 1 aromatic carbocycles. The Morgan fingerprint density at radius 1 is 1.25 bits per heavy atom. The van der Waals surface area contributed by atoms with Crippen molar-refractivity contribution in [2.24, 2.45) is 11.7 Å². The van der Waals surface area contributed by atoms with Crippen LogP contribution in [0, 0.1) is 5.92 Å². The summed E-state index contributed by atoms with van der Waals surface area (Å²) in [6, 6.07) is 6.69. The molecule has 0 aliphatic carbocycles. The molecular formula is C11H15NO3S. The highest BCUT2D eigenvalue weighted by Crippen LogP contribution is 2.34. The average Bonchev–Trinajstić information content (AvgIpc) is 2.55. The molecule has 16 heavy (non-hydrogen) atoms. The van der Waals surface area contributed by atoms with Crippen LogP contribution in [0.2, 0.25) is 0 Å². The standard InChI is InChI=1S/C11H15NO3S/c12-5-9-6-16(14,15)7-11(9)8-1-3-10(13)4-2-8/h1-4,9,11,13H,5-7,12H2. The summed E-state index contributed by atoms with van der Waals surface area (Å²) in [6.45, 7) is 0.380. The number of aromatic hydroxyl groups is 1. The van der Waals surface area contributed by atoms with E-state index in [2.05, 4.69) is 0 Å². The van der Waals surface area contributed by atoms with E-state index in [9.17, 15) is 13.5 Å². The first-order valence-corrected chi connectivity index (χ1v) is 7.03. The lowest BCUT2D eigenvalue weighted by Gasteiger charge is -2.16. The zero-order valence-electron chi connectivity index (χ0n) is 8.83. The zero-order valence-corrected chi connectivity index (χ0v) is 9.65. The van der Waals surface area contributed by atoms with Crippen molar-refractivity contribution in [3.05, 3.63) is 29.8 Å². The van der Waals surface area contributed by atoms with Crippen molar-refractivity contribution in [2.75, 3.05) is 18.1 Å². The van der Waals surface area contributed by atoms with Crippen LogP contribution < -0.4 is 5.73 Å². The molecule has 1 aromatic rings. The van der Waals surface area contributed by atoms with E-state index in [1.54, 1.807) is 24.3 Å². The van der Waals surface area contributed by atoms with Gasteiger partial charge in [0, 0.05) is 5.92 Å². The quantitative estimate of drug-likeness (QED) is 0.789. The summed E-state index contributed by atoms with van der Waals surface area (Å²) in [6.07, 6.45) is 0. The van der Waals surface area contributed by atoms with Gasteiger partial charge in [-0.25, -0.2) is 8.42 Å². The molecule has 3 N–H and O–H groups in total. The molecule has 0 spiro atoms. The summed E-state index contributed by atoms with van der Waals surface area (Å²) < 4.78 is 23.1. The first-order chi connectivity index (χ1) is 7.52. The maximum absolute atomic E-state index is 11.5. The van der Waals surface area contributed by atoms with Crippen LogP contribution in [0.25, 0.3) is 0 Å². The van der Waals surface area contributed by atoms with E-state index in [4.69, 9.17) is 5.73 Å². The Kier molecular flexibility index (Phi) is 2.90. The third-order valence-electron chi connectivity index (χ3n) is 3.09. The molecule has 1 aliphatic heterocycles. The first-order valence-electron chi connectivity index (χ1n) is 5.21. The molecule has 0 amide bonds. The van der Waals surface area contributed by atoms with Crippen LogP contribution in [-0.4, -0.2) is 31.6 Å². The van der Waals surface area contributed by atoms with Crippen LogP contribution in [0.15, 0.2) is 24.3 Å². The Bertz CT molecular complexity index is 467. The van der Waals surface area contributed by atoms with Gasteiger partial charge in [0.05, 0.1) is 11.5 Å². The second-order valence-electron chi connectivity index (χ2n) is 4.27. The smallest absolute Gasteiger partial charge is 0.151 e. The molecule has 1 fully saturated rings. The molecule has 1 saturated heterocycles. The van der Waals surface area contributed by atoms with E-state index >= 15 is 0 Å². The largest absolute Gasteiger partial charge is 0.508 e. The van der Waals surface area contributed by atoms with Gasteiger partial charge in [0.25, 0.3) is 0 Å². The van der Waals surface area contributed by atoms with Gasteiger partial charge in [-0.2, -0.15) is 0 Å². The van der Waals surface area contributed by atoms with E-state index in [1.165, 1.54) is 0 Å². The minimum Gasteiger partial charge on any atom is -0.508 e. The Balaban J connectivity index is 2.30. The number of hydrogen-bond donors (Lipinski definition) is 2. The fourth-order valence-corrected chi connectivity index (χ4v) is 4.41. The number of phenols is 1. The third kappa shape index (κ3) is 2.20. The highest BCUT2D eigenvalue weighted by atomic mass is 32.2. The van der Waals surface area contributed by atoms with Crippen molar-refractivity contribution in [1.82, 2.24) is 0 Å². The van der Waals surface area contributed by atoms with Gasteiger partial charge in [0.15, 0.2) is 9.84 Å². The molecule has 88 valence electrons. The molecule has 1 aliphatic rings. The molecule has 4 nitrogen and oxygen atoms in total. The molecule has 2 unspecified atom stereocenters. The van der Waals surface area contributed by atoms with Crippen molar-refractivity contribution in [3.8, 4) is 5.75 Å². The maximum atomic E-state index is 11.5. The molecule has 0 radical (unpaired) electrons.